The van der Waals surface area contributed by atoms with Gasteiger partial charge in [-0.3, -0.25) is 4.68 Å². The summed E-state index contributed by atoms with van der Waals surface area (Å²) in [5.74, 6) is 0.688. The number of aliphatic hydroxyl groups is 1. The Kier molecular flexibility index (Phi) is 3.66. The molecule has 0 unspecified atom stereocenters. The molecule has 3 aromatic rings. The molecule has 0 spiro atoms. The van der Waals surface area contributed by atoms with E-state index in [1.165, 1.54) is 11.8 Å². The monoisotopic (exact) mass is 290 g/mol. The number of benzene rings is 1. The number of rotatable bonds is 5. The van der Waals surface area contributed by atoms with E-state index in [2.05, 4.69) is 26.7 Å². The fourth-order valence-corrected chi connectivity index (χ4v) is 2.91. The third-order valence-electron chi connectivity index (χ3n) is 2.98. The maximum atomic E-state index is 8.95. The summed E-state index contributed by atoms with van der Waals surface area (Å²) in [5.41, 5.74) is 2.12. The Balaban J connectivity index is 1.82. The van der Waals surface area contributed by atoms with Gasteiger partial charge in [0.25, 0.3) is 0 Å². The van der Waals surface area contributed by atoms with E-state index in [1.807, 2.05) is 29.9 Å². The summed E-state index contributed by atoms with van der Waals surface area (Å²) in [6.45, 7) is 0.420. The van der Waals surface area contributed by atoms with Crippen LogP contribution in [-0.2, 0) is 19.3 Å². The van der Waals surface area contributed by atoms with Gasteiger partial charge in [-0.1, -0.05) is 30.0 Å². The quantitative estimate of drug-likeness (QED) is 0.701. The number of nitrogens with zero attached hydrogens (tertiary/aromatic N) is 6. The second-order valence-electron chi connectivity index (χ2n) is 4.28. The zero-order valence-corrected chi connectivity index (χ0v) is 11.8. The van der Waals surface area contributed by atoms with E-state index in [0.29, 0.717) is 17.5 Å². The molecule has 0 amide bonds. The van der Waals surface area contributed by atoms with Crippen LogP contribution < -0.4 is 0 Å². The van der Waals surface area contributed by atoms with E-state index >= 15 is 0 Å². The molecule has 2 aromatic heterocycles. The van der Waals surface area contributed by atoms with Crippen molar-refractivity contribution in [1.82, 2.24) is 30.0 Å². The van der Waals surface area contributed by atoms with Gasteiger partial charge in [0, 0.05) is 18.2 Å². The number of aryl methyl sites for hydroxylation is 1. The van der Waals surface area contributed by atoms with E-state index in [1.54, 1.807) is 4.68 Å². The zero-order chi connectivity index (χ0) is 13.9. The molecular formula is C12H14N6OS. The van der Waals surface area contributed by atoms with Gasteiger partial charge >= 0.3 is 0 Å². The van der Waals surface area contributed by atoms with E-state index in [9.17, 15) is 0 Å². The van der Waals surface area contributed by atoms with Crippen LogP contribution in [0.5, 0.6) is 0 Å². The van der Waals surface area contributed by atoms with Crippen LogP contribution in [0.2, 0.25) is 0 Å². The van der Waals surface area contributed by atoms with Crippen molar-refractivity contribution < 1.29 is 5.11 Å². The van der Waals surface area contributed by atoms with Crippen LogP contribution in [-0.4, -0.2) is 41.7 Å². The molecule has 0 radical (unpaired) electrons. The Hall–Kier alpha value is -1.93. The van der Waals surface area contributed by atoms with Gasteiger partial charge in [-0.15, -0.1) is 5.10 Å². The van der Waals surface area contributed by atoms with Crippen LogP contribution in [0, 0.1) is 0 Å². The van der Waals surface area contributed by atoms with Crippen molar-refractivity contribution in [2.75, 3.05) is 6.61 Å². The van der Waals surface area contributed by atoms with Gasteiger partial charge in [0.05, 0.1) is 24.4 Å². The van der Waals surface area contributed by atoms with Gasteiger partial charge in [0.15, 0.2) is 0 Å². The molecule has 0 aliphatic carbocycles. The number of para-hydroxylation sites is 1. The molecule has 104 valence electrons. The molecule has 20 heavy (non-hydrogen) atoms. The van der Waals surface area contributed by atoms with Gasteiger partial charge in [-0.2, -0.15) is 5.10 Å². The summed E-state index contributed by atoms with van der Waals surface area (Å²) in [5, 5.41) is 26.7. The number of fused-ring (bicyclic) bond motifs is 1. The van der Waals surface area contributed by atoms with E-state index in [-0.39, 0.29) is 6.61 Å². The van der Waals surface area contributed by atoms with Crippen molar-refractivity contribution in [1.29, 1.82) is 0 Å². The van der Waals surface area contributed by atoms with Crippen molar-refractivity contribution in [2.24, 2.45) is 7.05 Å². The standard InChI is InChI=1S/C12H14N6OS/c1-17-11-5-3-2-4-9(11)10(14-17)8-20-12-13-15-16-18(12)6-7-19/h2-5,19H,6-8H2,1H3. The summed E-state index contributed by atoms with van der Waals surface area (Å²) in [6, 6.07) is 8.12. The normalized spacial score (nSPS) is 11.3. The summed E-state index contributed by atoms with van der Waals surface area (Å²) in [4.78, 5) is 0. The summed E-state index contributed by atoms with van der Waals surface area (Å²) >= 11 is 1.51. The van der Waals surface area contributed by atoms with Crippen LogP contribution in [0.15, 0.2) is 29.4 Å². The van der Waals surface area contributed by atoms with E-state index in [0.717, 1.165) is 16.6 Å². The smallest absolute Gasteiger partial charge is 0.209 e. The highest BCUT2D eigenvalue weighted by Gasteiger charge is 2.11. The van der Waals surface area contributed by atoms with E-state index in [4.69, 9.17) is 5.11 Å². The first-order valence-corrected chi connectivity index (χ1v) is 7.18. The van der Waals surface area contributed by atoms with Gasteiger partial charge in [-0.05, 0) is 16.5 Å². The molecule has 0 atom stereocenters. The highest BCUT2D eigenvalue weighted by atomic mass is 32.2. The first-order valence-electron chi connectivity index (χ1n) is 6.20. The second-order valence-corrected chi connectivity index (χ2v) is 5.23. The predicted octanol–water partition coefficient (Wildman–Crippen LogP) is 0.844. The third kappa shape index (κ3) is 2.39. The molecule has 0 fully saturated rings. The second kappa shape index (κ2) is 5.59. The molecule has 0 bridgehead atoms. The van der Waals surface area contributed by atoms with Crippen LogP contribution in [0.4, 0.5) is 0 Å². The van der Waals surface area contributed by atoms with Gasteiger partial charge < -0.3 is 5.11 Å². The van der Waals surface area contributed by atoms with Crippen molar-refractivity contribution in [3.8, 4) is 0 Å². The number of tetrazole rings is 1. The minimum absolute atomic E-state index is 0.0190. The first kappa shape index (κ1) is 13.1. The van der Waals surface area contributed by atoms with Gasteiger partial charge in [0.2, 0.25) is 5.16 Å². The Morgan fingerprint density at radius 1 is 1.30 bits per heavy atom. The largest absolute Gasteiger partial charge is 0.394 e. The number of aliphatic hydroxyl groups excluding tert-OH is 1. The Bertz CT molecular complexity index is 722. The van der Waals surface area contributed by atoms with Crippen LogP contribution >= 0.6 is 11.8 Å². The number of hydrogen-bond donors (Lipinski definition) is 1. The minimum Gasteiger partial charge on any atom is -0.394 e. The fraction of sp³-hybridized carbons (Fsp3) is 0.333. The Labute approximate surface area is 119 Å². The highest BCUT2D eigenvalue weighted by molar-refractivity contribution is 7.98. The van der Waals surface area contributed by atoms with Crippen LogP contribution in [0.3, 0.4) is 0 Å². The number of aromatic nitrogens is 6. The summed E-state index contributed by atoms with van der Waals surface area (Å²) in [6.07, 6.45) is 0. The Morgan fingerprint density at radius 2 is 2.15 bits per heavy atom. The molecule has 0 saturated carbocycles. The summed E-state index contributed by atoms with van der Waals surface area (Å²) < 4.78 is 3.47. The lowest BCUT2D eigenvalue weighted by Gasteiger charge is -2.00. The van der Waals surface area contributed by atoms with Crippen molar-refractivity contribution in [3.63, 3.8) is 0 Å². The third-order valence-corrected chi connectivity index (χ3v) is 3.95. The molecule has 1 N–H and O–H groups in total. The SMILES string of the molecule is Cn1nc(CSc2nnnn2CCO)c2ccccc21. The van der Waals surface area contributed by atoms with Gasteiger partial charge in [-0.25, -0.2) is 4.68 Å². The van der Waals surface area contributed by atoms with Crippen molar-refractivity contribution >= 4 is 22.7 Å². The summed E-state index contributed by atoms with van der Waals surface area (Å²) in [7, 11) is 1.94. The molecular weight excluding hydrogens is 276 g/mol. The average molecular weight is 290 g/mol. The molecule has 8 heteroatoms. The van der Waals surface area contributed by atoms with Crippen molar-refractivity contribution in [3.05, 3.63) is 30.0 Å². The van der Waals surface area contributed by atoms with Crippen LogP contribution in [0.1, 0.15) is 5.69 Å². The Morgan fingerprint density at radius 3 is 3.00 bits per heavy atom. The highest BCUT2D eigenvalue weighted by Crippen LogP contribution is 2.24. The predicted molar refractivity (Wildman–Crippen MR) is 75.2 cm³/mol. The molecule has 0 saturated heterocycles. The first-order chi connectivity index (χ1) is 9.79. The maximum Gasteiger partial charge on any atom is 0.209 e. The average Bonchev–Trinajstić information content (AvgIpc) is 3.03. The maximum absolute atomic E-state index is 8.95. The van der Waals surface area contributed by atoms with Crippen LogP contribution in [0.25, 0.3) is 10.9 Å². The van der Waals surface area contributed by atoms with Gasteiger partial charge in [0.1, 0.15) is 0 Å². The molecule has 0 aliphatic heterocycles. The molecule has 0 aliphatic rings. The molecule has 3 rings (SSSR count). The molecule has 1 aromatic carbocycles. The number of hydrogen-bond acceptors (Lipinski definition) is 6. The minimum atomic E-state index is 0.0190. The number of thioether (sulfide) groups is 1. The molecule has 2 heterocycles. The van der Waals surface area contributed by atoms with E-state index < -0.39 is 0 Å². The lowest BCUT2D eigenvalue weighted by Crippen LogP contribution is -2.05. The topological polar surface area (TPSA) is 81.7 Å². The zero-order valence-electron chi connectivity index (χ0n) is 11.0. The fourth-order valence-electron chi connectivity index (χ4n) is 2.06. The lowest BCUT2D eigenvalue weighted by atomic mass is 10.2. The lowest BCUT2D eigenvalue weighted by molar-refractivity contribution is 0.262. The van der Waals surface area contributed by atoms with Crippen molar-refractivity contribution in [2.45, 2.75) is 17.5 Å². The molecule has 7 nitrogen and oxygen atoms in total.